The van der Waals surface area contributed by atoms with E-state index in [0.29, 0.717) is 22.0 Å². The molecule has 2 aromatic rings. The highest BCUT2D eigenvalue weighted by atomic mass is 32.1. The van der Waals surface area contributed by atoms with E-state index in [1.807, 2.05) is 0 Å². The normalized spacial score (nSPS) is 20.9. The molecule has 0 saturated heterocycles. The van der Waals surface area contributed by atoms with Crippen molar-refractivity contribution < 1.29 is 19.2 Å². The van der Waals surface area contributed by atoms with E-state index in [9.17, 15) is 14.7 Å². The van der Waals surface area contributed by atoms with Crippen molar-refractivity contribution in [2.75, 3.05) is 5.32 Å². The molecule has 2 bridgehead atoms. The number of carboxylic acids is 1. The molecule has 1 amide bonds. The Morgan fingerprint density at radius 1 is 1.21 bits per heavy atom. The van der Waals surface area contributed by atoms with E-state index in [0.717, 1.165) is 56.1 Å². The number of hydrogen-bond donors (Lipinski definition) is 2. The Bertz CT molecular complexity index is 953. The summed E-state index contributed by atoms with van der Waals surface area (Å²) in [6.45, 7) is 4.19. The first-order valence-corrected chi connectivity index (χ1v) is 11.1. The molecule has 0 aromatic carbocycles. The topological polar surface area (TPSA) is 105 Å². The minimum atomic E-state index is -0.963. The van der Waals surface area contributed by atoms with E-state index in [4.69, 9.17) is 4.52 Å². The first-order valence-electron chi connectivity index (χ1n) is 10.2. The monoisotopic (exact) mass is 415 g/mol. The van der Waals surface area contributed by atoms with Crippen molar-refractivity contribution in [3.63, 3.8) is 0 Å². The second-order valence-corrected chi connectivity index (χ2v) is 8.81. The van der Waals surface area contributed by atoms with Crippen molar-refractivity contribution in [2.45, 2.75) is 58.8 Å². The lowest BCUT2D eigenvalue weighted by Crippen LogP contribution is -2.35. The van der Waals surface area contributed by atoms with Crippen LogP contribution >= 0.6 is 11.3 Å². The number of aryl methyl sites for hydroxylation is 1. The zero-order chi connectivity index (χ0) is 20.5. The summed E-state index contributed by atoms with van der Waals surface area (Å²) in [4.78, 5) is 30.5. The van der Waals surface area contributed by atoms with Gasteiger partial charge in [0.2, 0.25) is 12.2 Å². The molecule has 0 spiro atoms. The van der Waals surface area contributed by atoms with Gasteiger partial charge < -0.3 is 14.9 Å². The van der Waals surface area contributed by atoms with E-state index < -0.39 is 5.97 Å². The Hall–Kier alpha value is -2.48. The molecule has 1 saturated carbocycles. The molecule has 29 heavy (non-hydrogen) atoms. The maximum Gasteiger partial charge on any atom is 0.332 e. The standard InChI is InChI=1S/C21H25N3O4S/c1-3-5-13-14(4-2)29-20(17(13)18-22-10-28-24-18)23-19(25)15-11-6-8-12(9-7-11)16(15)21(26)27/h10-12H,3-9H2,1-2H3,(H,23,25)(H,26,27). The molecule has 3 aliphatic carbocycles. The lowest BCUT2D eigenvalue weighted by Gasteiger charge is -2.37. The maximum absolute atomic E-state index is 13.3. The van der Waals surface area contributed by atoms with Crippen LogP contribution in [0, 0.1) is 11.8 Å². The third-order valence-corrected chi connectivity index (χ3v) is 7.32. The van der Waals surface area contributed by atoms with Crippen molar-refractivity contribution in [1.29, 1.82) is 0 Å². The zero-order valence-corrected chi connectivity index (χ0v) is 17.5. The van der Waals surface area contributed by atoms with E-state index in [1.165, 1.54) is 22.6 Å². The zero-order valence-electron chi connectivity index (χ0n) is 16.7. The van der Waals surface area contributed by atoms with Crippen LogP contribution in [0.2, 0.25) is 0 Å². The van der Waals surface area contributed by atoms with Gasteiger partial charge in [0.1, 0.15) is 5.00 Å². The number of anilines is 1. The van der Waals surface area contributed by atoms with Crippen LogP contribution in [0.1, 0.15) is 56.4 Å². The fraction of sp³-hybridized carbons (Fsp3) is 0.524. The Kier molecular flexibility index (Phi) is 5.54. The van der Waals surface area contributed by atoms with Gasteiger partial charge >= 0.3 is 5.97 Å². The Morgan fingerprint density at radius 3 is 2.45 bits per heavy atom. The highest BCUT2D eigenvalue weighted by Gasteiger charge is 2.41. The summed E-state index contributed by atoms with van der Waals surface area (Å²) in [5.74, 6) is -0.790. The van der Waals surface area contributed by atoms with Gasteiger partial charge in [-0.15, -0.1) is 11.3 Å². The number of thiophene rings is 1. The molecule has 2 heterocycles. The third kappa shape index (κ3) is 3.50. The molecule has 2 aromatic heterocycles. The second kappa shape index (κ2) is 8.10. The summed E-state index contributed by atoms with van der Waals surface area (Å²) in [6, 6.07) is 0. The van der Waals surface area contributed by atoms with E-state index in [-0.39, 0.29) is 17.7 Å². The smallest absolute Gasteiger partial charge is 0.332 e. The van der Waals surface area contributed by atoms with Crippen molar-refractivity contribution >= 4 is 28.2 Å². The first-order chi connectivity index (χ1) is 14.0. The summed E-state index contributed by atoms with van der Waals surface area (Å²) < 4.78 is 4.95. The maximum atomic E-state index is 13.3. The number of nitrogens with one attached hydrogen (secondary N) is 1. The van der Waals surface area contributed by atoms with Crippen LogP contribution in [-0.4, -0.2) is 27.1 Å². The number of amides is 1. The van der Waals surface area contributed by atoms with Gasteiger partial charge in [0.25, 0.3) is 5.91 Å². The van der Waals surface area contributed by atoms with Gasteiger partial charge in [-0.1, -0.05) is 25.4 Å². The van der Waals surface area contributed by atoms with Gasteiger partial charge in [0.15, 0.2) is 0 Å². The summed E-state index contributed by atoms with van der Waals surface area (Å²) >= 11 is 1.52. The predicted molar refractivity (Wildman–Crippen MR) is 110 cm³/mol. The summed E-state index contributed by atoms with van der Waals surface area (Å²) in [5, 5.41) is 17.4. The van der Waals surface area contributed by atoms with Gasteiger partial charge in [-0.2, -0.15) is 4.98 Å². The average Bonchev–Trinajstić information content (AvgIpc) is 3.36. The molecule has 5 rings (SSSR count). The molecule has 0 atom stereocenters. The predicted octanol–water partition coefficient (Wildman–Crippen LogP) is 4.45. The molecule has 0 aliphatic heterocycles. The molecule has 2 N–H and O–H groups in total. The fourth-order valence-electron chi connectivity index (χ4n) is 4.80. The molecular formula is C21H25N3O4S. The number of aliphatic carboxylic acids is 1. The van der Waals surface area contributed by atoms with Crippen molar-refractivity contribution in [3.05, 3.63) is 28.0 Å². The number of aromatic nitrogens is 2. The van der Waals surface area contributed by atoms with Crippen molar-refractivity contribution in [2.24, 2.45) is 11.8 Å². The van der Waals surface area contributed by atoms with Crippen LogP contribution in [0.25, 0.3) is 11.4 Å². The second-order valence-electron chi connectivity index (χ2n) is 7.70. The van der Waals surface area contributed by atoms with Crippen LogP contribution in [0.4, 0.5) is 5.00 Å². The minimum absolute atomic E-state index is 0.0138. The SMILES string of the molecule is CCCc1c(CC)sc(NC(=O)C2=C(C(=O)O)C3CCC2CC3)c1-c1ncon1. The Balaban J connectivity index is 1.75. The number of nitrogens with zero attached hydrogens (tertiary/aromatic N) is 2. The van der Waals surface area contributed by atoms with Gasteiger partial charge in [0.05, 0.1) is 5.56 Å². The number of rotatable bonds is 7. The molecule has 154 valence electrons. The molecule has 0 unspecified atom stereocenters. The van der Waals surface area contributed by atoms with Crippen LogP contribution in [0.5, 0.6) is 0 Å². The van der Waals surface area contributed by atoms with E-state index in [2.05, 4.69) is 29.3 Å². The van der Waals surface area contributed by atoms with Gasteiger partial charge in [-0.3, -0.25) is 4.79 Å². The summed E-state index contributed by atoms with van der Waals surface area (Å²) in [6.07, 6.45) is 7.42. The molecular weight excluding hydrogens is 390 g/mol. The minimum Gasteiger partial charge on any atom is -0.478 e. The largest absolute Gasteiger partial charge is 0.478 e. The van der Waals surface area contributed by atoms with Gasteiger partial charge in [-0.05, 0) is 55.9 Å². The lowest BCUT2D eigenvalue weighted by molar-refractivity contribution is -0.134. The number of hydrogen-bond acceptors (Lipinski definition) is 6. The van der Waals surface area contributed by atoms with Crippen molar-refractivity contribution in [1.82, 2.24) is 10.1 Å². The van der Waals surface area contributed by atoms with E-state index >= 15 is 0 Å². The van der Waals surface area contributed by atoms with Crippen LogP contribution < -0.4 is 5.32 Å². The Labute approximate surface area is 173 Å². The fourth-order valence-corrected chi connectivity index (χ4v) is 5.97. The summed E-state index contributed by atoms with van der Waals surface area (Å²) in [5.41, 5.74) is 2.71. The van der Waals surface area contributed by atoms with Crippen molar-refractivity contribution in [3.8, 4) is 11.4 Å². The highest BCUT2D eigenvalue weighted by Crippen LogP contribution is 2.47. The first kappa shape index (κ1) is 19.8. The lowest BCUT2D eigenvalue weighted by atomic mass is 9.66. The van der Waals surface area contributed by atoms with Crippen LogP contribution in [-0.2, 0) is 22.4 Å². The molecule has 0 radical (unpaired) electrons. The number of carboxylic acid groups (broad SMARTS) is 1. The van der Waals surface area contributed by atoms with Gasteiger partial charge in [-0.25, -0.2) is 4.79 Å². The van der Waals surface area contributed by atoms with Gasteiger partial charge in [0, 0.05) is 16.0 Å². The Morgan fingerprint density at radius 2 is 1.90 bits per heavy atom. The number of fused-ring (bicyclic) bond motifs is 2. The number of carbonyl (C=O) groups excluding carboxylic acids is 1. The molecule has 8 heteroatoms. The number of carbonyl (C=O) groups is 2. The molecule has 1 fully saturated rings. The van der Waals surface area contributed by atoms with Crippen LogP contribution in [0.15, 0.2) is 22.1 Å². The highest BCUT2D eigenvalue weighted by molar-refractivity contribution is 7.17. The average molecular weight is 416 g/mol. The van der Waals surface area contributed by atoms with Crippen LogP contribution in [0.3, 0.4) is 0 Å². The molecule has 3 aliphatic rings. The third-order valence-electron chi connectivity index (χ3n) is 6.03. The summed E-state index contributed by atoms with van der Waals surface area (Å²) in [7, 11) is 0. The molecule has 7 nitrogen and oxygen atoms in total. The van der Waals surface area contributed by atoms with E-state index in [1.54, 1.807) is 0 Å². The quantitative estimate of drug-likeness (QED) is 0.692.